The van der Waals surface area contributed by atoms with Gasteiger partial charge in [-0.1, -0.05) is 18.2 Å². The fourth-order valence-corrected chi connectivity index (χ4v) is 5.57. The number of aliphatic hydroxyl groups excluding tert-OH is 1. The molecular formula is C23H30FN6O7P. The van der Waals surface area contributed by atoms with Crippen LogP contribution in [0.25, 0.3) is 11.2 Å². The Morgan fingerprint density at radius 1 is 1.34 bits per heavy atom. The van der Waals surface area contributed by atoms with E-state index in [-0.39, 0.29) is 5.75 Å². The number of carbonyl (C=O) groups is 1. The van der Waals surface area contributed by atoms with Crippen molar-refractivity contribution in [3.05, 3.63) is 42.5 Å². The third-order valence-electron chi connectivity index (χ3n) is 6.02. The highest BCUT2D eigenvalue weighted by molar-refractivity contribution is 7.52. The summed E-state index contributed by atoms with van der Waals surface area (Å²) in [6, 6.07) is 7.08. The maximum Gasteiger partial charge on any atom is 0.459 e. The van der Waals surface area contributed by atoms with Crippen molar-refractivity contribution in [1.82, 2.24) is 24.6 Å². The summed E-state index contributed by atoms with van der Waals surface area (Å²) in [7, 11) is -1.38. The van der Waals surface area contributed by atoms with Crippen molar-refractivity contribution in [3.8, 4) is 5.75 Å². The first kappa shape index (κ1) is 27.9. The minimum absolute atomic E-state index is 0.196. The first-order valence-electron chi connectivity index (χ1n) is 11.7. The van der Waals surface area contributed by atoms with Crippen molar-refractivity contribution < 1.29 is 37.4 Å². The number of hydrogen-bond donors (Lipinski definition) is 3. The average molecular weight is 553 g/mol. The number of nitrogens with one attached hydrogen (secondary N) is 2. The number of fused-ring (bicyclic) bond motifs is 1. The molecule has 4 rings (SSSR count). The summed E-state index contributed by atoms with van der Waals surface area (Å²) < 4.78 is 52.5. The van der Waals surface area contributed by atoms with E-state index in [4.69, 9.17) is 13.8 Å². The van der Waals surface area contributed by atoms with Crippen LogP contribution in [0.15, 0.2) is 36.7 Å². The second kappa shape index (κ2) is 10.9. The Hall–Kier alpha value is -3.16. The molecule has 0 saturated carbocycles. The quantitative estimate of drug-likeness (QED) is 0.250. The maximum atomic E-state index is 15.9. The second-order valence-electron chi connectivity index (χ2n) is 8.89. The van der Waals surface area contributed by atoms with Crippen molar-refractivity contribution in [2.24, 2.45) is 0 Å². The van der Waals surface area contributed by atoms with Crippen molar-refractivity contribution in [2.45, 2.75) is 50.9 Å². The fourth-order valence-electron chi connectivity index (χ4n) is 4.07. The Morgan fingerprint density at radius 3 is 2.71 bits per heavy atom. The Balaban J connectivity index is 1.57. The van der Waals surface area contributed by atoms with Gasteiger partial charge >= 0.3 is 13.7 Å². The highest BCUT2D eigenvalue weighted by Gasteiger charge is 2.56. The minimum atomic E-state index is -4.23. The van der Waals surface area contributed by atoms with E-state index in [1.807, 2.05) is 0 Å². The lowest BCUT2D eigenvalue weighted by atomic mass is 9.98. The Morgan fingerprint density at radius 2 is 2.05 bits per heavy atom. The van der Waals surface area contributed by atoms with Crippen LogP contribution in [0, 0.1) is 6.92 Å². The van der Waals surface area contributed by atoms with Crippen LogP contribution in [-0.2, 0) is 23.4 Å². The van der Waals surface area contributed by atoms with Gasteiger partial charge in [0.2, 0.25) is 0 Å². The van der Waals surface area contributed by atoms with Crippen molar-refractivity contribution in [1.29, 1.82) is 0 Å². The molecule has 206 valence electrons. The zero-order valence-corrected chi connectivity index (χ0v) is 22.4. The molecular weight excluding hydrogens is 522 g/mol. The highest BCUT2D eigenvalue weighted by atomic mass is 31.2. The van der Waals surface area contributed by atoms with Crippen molar-refractivity contribution in [2.75, 3.05) is 26.1 Å². The number of esters is 1. The van der Waals surface area contributed by atoms with Crippen LogP contribution in [-0.4, -0.2) is 75.3 Å². The van der Waals surface area contributed by atoms with Crippen LogP contribution in [0.1, 0.15) is 25.9 Å². The first-order valence-corrected chi connectivity index (χ1v) is 13.3. The average Bonchev–Trinajstić information content (AvgIpc) is 3.39. The largest absolute Gasteiger partial charge is 0.468 e. The lowest BCUT2D eigenvalue weighted by molar-refractivity contribution is -0.142. The van der Waals surface area contributed by atoms with E-state index in [9.17, 15) is 14.5 Å². The summed E-state index contributed by atoms with van der Waals surface area (Å²) in [5.74, 6) is 0.369. The molecule has 0 amide bonds. The summed E-state index contributed by atoms with van der Waals surface area (Å²) >= 11 is 0. The predicted molar refractivity (Wildman–Crippen MR) is 134 cm³/mol. The van der Waals surface area contributed by atoms with Crippen LogP contribution in [0.4, 0.5) is 10.2 Å². The van der Waals surface area contributed by atoms with Gasteiger partial charge < -0.3 is 24.4 Å². The van der Waals surface area contributed by atoms with Gasteiger partial charge in [-0.05, 0) is 32.9 Å². The molecule has 0 radical (unpaired) electrons. The van der Waals surface area contributed by atoms with Crippen molar-refractivity contribution >= 4 is 30.7 Å². The SMILES string of the molecule is CNc1nc(C)nc2c1ncn2[C@@H]1O[C@H](CO[P@](=O)(N[C@@H](C)C(=O)OC)Oc2ccccc2)[C@@H](O)[C@@]1(C)F. The third kappa shape index (κ3) is 5.49. The number of halogens is 1. The number of benzene rings is 1. The lowest BCUT2D eigenvalue weighted by Crippen LogP contribution is -2.41. The monoisotopic (exact) mass is 552 g/mol. The van der Waals surface area contributed by atoms with Gasteiger partial charge in [0.1, 0.15) is 29.8 Å². The Bertz CT molecular complexity index is 1340. The normalized spacial score (nSPS) is 25.6. The third-order valence-corrected chi connectivity index (χ3v) is 7.67. The van der Waals surface area contributed by atoms with E-state index < -0.39 is 50.5 Å². The lowest BCUT2D eigenvalue weighted by Gasteiger charge is -2.25. The van der Waals surface area contributed by atoms with Crippen LogP contribution in [0.2, 0.25) is 0 Å². The summed E-state index contributed by atoms with van der Waals surface area (Å²) in [5, 5.41) is 16.2. The van der Waals surface area contributed by atoms with Gasteiger partial charge in [-0.2, -0.15) is 5.09 Å². The molecule has 1 aliphatic heterocycles. The number of rotatable bonds is 10. The highest BCUT2D eigenvalue weighted by Crippen LogP contribution is 2.48. The van der Waals surface area contributed by atoms with E-state index in [0.717, 1.165) is 0 Å². The summed E-state index contributed by atoms with van der Waals surface area (Å²) in [6.45, 7) is 3.74. The standard InChI is InChI=1S/C23H30FN6O7P/c1-13(21(32)34-5)29-38(33,37-15-9-7-6-8-10-15)35-11-16-18(31)23(3,24)22(36-16)30-12-26-17-19(25-4)27-14(2)28-20(17)30/h6-10,12-13,16,18,22,31H,11H2,1-5H3,(H,29,33)(H,25,27,28)/t13-,16+,18+,22+,23+,38+/m0/s1. The fraction of sp³-hybridized carbons (Fsp3) is 0.478. The molecule has 0 bridgehead atoms. The number of aryl methyl sites for hydroxylation is 1. The number of imidazole rings is 1. The van der Waals surface area contributed by atoms with Crippen LogP contribution < -0.4 is 14.9 Å². The number of para-hydroxylation sites is 1. The second-order valence-corrected chi connectivity index (χ2v) is 10.6. The number of anilines is 1. The van der Waals surface area contributed by atoms with Gasteiger partial charge in [0, 0.05) is 7.05 Å². The number of nitrogens with zero attached hydrogens (tertiary/aromatic N) is 4. The zero-order chi connectivity index (χ0) is 27.7. The van der Waals surface area contributed by atoms with Crippen LogP contribution in [0.5, 0.6) is 5.75 Å². The molecule has 1 saturated heterocycles. The molecule has 0 unspecified atom stereocenters. The molecule has 0 aliphatic carbocycles. The first-order chi connectivity index (χ1) is 18.0. The van der Waals surface area contributed by atoms with E-state index >= 15 is 4.39 Å². The van der Waals surface area contributed by atoms with E-state index in [2.05, 4.69) is 30.1 Å². The van der Waals surface area contributed by atoms with Gasteiger partial charge in [0.05, 0.1) is 20.0 Å². The Kier molecular flexibility index (Phi) is 8.00. The van der Waals surface area contributed by atoms with E-state index in [1.165, 1.54) is 31.9 Å². The molecule has 2 aromatic heterocycles. The number of ether oxygens (including phenoxy) is 2. The van der Waals surface area contributed by atoms with Gasteiger partial charge in [-0.3, -0.25) is 13.9 Å². The molecule has 38 heavy (non-hydrogen) atoms. The van der Waals surface area contributed by atoms with E-state index in [1.54, 1.807) is 44.3 Å². The van der Waals surface area contributed by atoms with Crippen LogP contribution in [0.3, 0.4) is 0 Å². The zero-order valence-electron chi connectivity index (χ0n) is 21.5. The maximum absolute atomic E-state index is 15.9. The predicted octanol–water partition coefficient (Wildman–Crippen LogP) is 2.52. The molecule has 13 nitrogen and oxygen atoms in total. The van der Waals surface area contributed by atoms with Crippen LogP contribution >= 0.6 is 7.75 Å². The molecule has 6 atom stereocenters. The molecule has 3 heterocycles. The summed E-state index contributed by atoms with van der Waals surface area (Å²) in [5.41, 5.74) is -1.61. The molecule has 1 fully saturated rings. The number of carbonyl (C=O) groups excluding carboxylic acids is 1. The molecule has 1 aliphatic rings. The van der Waals surface area contributed by atoms with Gasteiger partial charge in [0.15, 0.2) is 28.9 Å². The molecule has 3 N–H and O–H groups in total. The van der Waals surface area contributed by atoms with Gasteiger partial charge in [0.25, 0.3) is 0 Å². The number of methoxy groups -OCH3 is 1. The molecule has 3 aromatic rings. The summed E-state index contributed by atoms with van der Waals surface area (Å²) in [6.07, 6.45) is -2.94. The number of aromatic nitrogens is 4. The summed E-state index contributed by atoms with van der Waals surface area (Å²) in [4.78, 5) is 24.9. The smallest absolute Gasteiger partial charge is 0.459 e. The minimum Gasteiger partial charge on any atom is -0.468 e. The number of hydrogen-bond acceptors (Lipinski definition) is 11. The van der Waals surface area contributed by atoms with E-state index in [0.29, 0.717) is 22.8 Å². The van der Waals surface area contributed by atoms with Crippen molar-refractivity contribution in [3.63, 3.8) is 0 Å². The molecule has 0 spiro atoms. The molecule has 1 aromatic carbocycles. The number of aliphatic hydroxyl groups is 1. The topological polar surface area (TPSA) is 159 Å². The Labute approximate surface area is 218 Å². The molecule has 15 heteroatoms. The number of alkyl halides is 1. The van der Waals surface area contributed by atoms with Gasteiger partial charge in [-0.25, -0.2) is 23.9 Å². The van der Waals surface area contributed by atoms with Gasteiger partial charge in [-0.15, -0.1) is 0 Å².